The van der Waals surface area contributed by atoms with Gasteiger partial charge in [0.05, 0.1) is 11.6 Å². The molecule has 0 radical (unpaired) electrons. The zero-order valence-corrected chi connectivity index (χ0v) is 10.1. The minimum Gasteiger partial charge on any atom is -0.375 e. The number of nitrogens with two attached hydrogens (primary N) is 1. The van der Waals surface area contributed by atoms with Gasteiger partial charge in [-0.25, -0.2) is 4.98 Å². The van der Waals surface area contributed by atoms with Gasteiger partial charge in [0.2, 0.25) is 0 Å². The number of nitrogens with one attached hydrogen (secondary N) is 1. The van der Waals surface area contributed by atoms with Crippen molar-refractivity contribution in [1.82, 2.24) is 15.2 Å². The Morgan fingerprint density at radius 3 is 3.00 bits per heavy atom. The third-order valence-electron chi connectivity index (χ3n) is 4.30. The van der Waals surface area contributed by atoms with E-state index in [9.17, 15) is 0 Å². The molecule has 2 aliphatic rings. The van der Waals surface area contributed by atoms with Gasteiger partial charge in [0.1, 0.15) is 12.2 Å². The predicted octanol–water partition coefficient (Wildman–Crippen LogP) is 1.54. The predicted molar refractivity (Wildman–Crippen MR) is 63.2 cm³/mol. The van der Waals surface area contributed by atoms with Crippen molar-refractivity contribution < 1.29 is 4.74 Å². The number of H-pyrrole nitrogens is 1. The topological polar surface area (TPSA) is 76.8 Å². The molecular weight excluding hydrogens is 216 g/mol. The van der Waals surface area contributed by atoms with Crippen LogP contribution in [0, 0.1) is 5.92 Å². The molecule has 17 heavy (non-hydrogen) atoms. The second kappa shape index (κ2) is 4.38. The van der Waals surface area contributed by atoms with Crippen LogP contribution in [0.4, 0.5) is 0 Å². The van der Waals surface area contributed by atoms with Crippen molar-refractivity contribution in [3.05, 3.63) is 12.2 Å². The molecule has 2 unspecified atom stereocenters. The lowest BCUT2D eigenvalue weighted by Crippen LogP contribution is -2.41. The lowest BCUT2D eigenvalue weighted by molar-refractivity contribution is -0.0967. The number of ether oxygens (including phenoxy) is 1. The minimum atomic E-state index is -0.0288. The highest BCUT2D eigenvalue weighted by molar-refractivity contribution is 4.99. The highest BCUT2D eigenvalue weighted by atomic mass is 16.5. The summed E-state index contributed by atoms with van der Waals surface area (Å²) in [6.07, 6.45) is 8.63. The number of nitrogens with zero attached hydrogens (tertiary/aromatic N) is 2. The van der Waals surface area contributed by atoms with Crippen LogP contribution in [-0.4, -0.2) is 27.4 Å². The molecule has 1 aliphatic heterocycles. The van der Waals surface area contributed by atoms with Gasteiger partial charge >= 0.3 is 0 Å². The van der Waals surface area contributed by atoms with E-state index in [4.69, 9.17) is 10.5 Å². The Bertz CT molecular complexity index is 359. The molecule has 0 aromatic carbocycles. The minimum absolute atomic E-state index is 0.0288. The first-order chi connectivity index (χ1) is 8.29. The first-order valence-corrected chi connectivity index (χ1v) is 6.54. The third kappa shape index (κ3) is 2.09. The quantitative estimate of drug-likeness (QED) is 0.816. The van der Waals surface area contributed by atoms with Gasteiger partial charge in [-0.05, 0) is 31.6 Å². The molecule has 1 spiro atoms. The standard InChI is InChI=1S/C12H20N4O/c13-10(11-14-8-15-16-11)9-3-6-17-12(7-9)4-1-2-5-12/h8-10H,1-7,13H2,(H,14,15,16). The molecule has 1 saturated heterocycles. The van der Waals surface area contributed by atoms with Crippen molar-refractivity contribution in [3.8, 4) is 0 Å². The zero-order chi connectivity index (χ0) is 11.7. The number of hydrogen-bond donors (Lipinski definition) is 2. The lowest BCUT2D eigenvalue weighted by Gasteiger charge is -2.39. The highest BCUT2D eigenvalue weighted by Gasteiger charge is 2.41. The van der Waals surface area contributed by atoms with E-state index in [1.165, 1.54) is 32.0 Å². The fourth-order valence-corrected chi connectivity index (χ4v) is 3.34. The van der Waals surface area contributed by atoms with Crippen molar-refractivity contribution in [1.29, 1.82) is 0 Å². The summed E-state index contributed by atoms with van der Waals surface area (Å²) >= 11 is 0. The Kier molecular flexibility index (Phi) is 2.88. The van der Waals surface area contributed by atoms with E-state index in [1.807, 2.05) is 0 Å². The average molecular weight is 236 g/mol. The number of aromatic nitrogens is 3. The average Bonchev–Trinajstić information content (AvgIpc) is 3.00. The molecule has 1 aliphatic carbocycles. The van der Waals surface area contributed by atoms with Gasteiger partial charge in [0, 0.05) is 6.61 Å². The molecule has 94 valence electrons. The molecule has 3 rings (SSSR count). The molecule has 1 aromatic rings. The van der Waals surface area contributed by atoms with Gasteiger partial charge in [-0.3, -0.25) is 5.10 Å². The van der Waals surface area contributed by atoms with Gasteiger partial charge in [-0.2, -0.15) is 5.10 Å². The molecule has 2 fully saturated rings. The molecule has 2 atom stereocenters. The van der Waals surface area contributed by atoms with Gasteiger partial charge in [0.25, 0.3) is 0 Å². The summed E-state index contributed by atoms with van der Waals surface area (Å²) in [4.78, 5) is 4.17. The van der Waals surface area contributed by atoms with Gasteiger partial charge in [0.15, 0.2) is 0 Å². The number of rotatable bonds is 2. The first-order valence-electron chi connectivity index (χ1n) is 6.54. The Labute approximate surface area is 101 Å². The van der Waals surface area contributed by atoms with E-state index in [2.05, 4.69) is 15.2 Å². The van der Waals surface area contributed by atoms with Gasteiger partial charge < -0.3 is 10.5 Å². The summed E-state index contributed by atoms with van der Waals surface area (Å²) in [6, 6.07) is -0.0288. The summed E-state index contributed by atoms with van der Waals surface area (Å²) in [7, 11) is 0. The van der Waals surface area contributed by atoms with E-state index in [1.54, 1.807) is 0 Å². The molecule has 1 aromatic heterocycles. The van der Waals surface area contributed by atoms with Crippen molar-refractivity contribution in [2.75, 3.05) is 6.61 Å². The summed E-state index contributed by atoms with van der Waals surface area (Å²) in [5.41, 5.74) is 6.40. The molecule has 0 bridgehead atoms. The van der Waals surface area contributed by atoms with Crippen molar-refractivity contribution in [2.45, 2.75) is 50.2 Å². The van der Waals surface area contributed by atoms with Crippen LogP contribution in [0.5, 0.6) is 0 Å². The smallest absolute Gasteiger partial charge is 0.141 e. The van der Waals surface area contributed by atoms with Crippen LogP contribution in [-0.2, 0) is 4.74 Å². The normalized spacial score (nSPS) is 29.6. The molecule has 1 saturated carbocycles. The number of hydrogen-bond acceptors (Lipinski definition) is 4. The Morgan fingerprint density at radius 1 is 1.47 bits per heavy atom. The third-order valence-corrected chi connectivity index (χ3v) is 4.30. The summed E-state index contributed by atoms with van der Waals surface area (Å²) < 4.78 is 6.02. The molecule has 5 nitrogen and oxygen atoms in total. The van der Waals surface area contributed by atoms with E-state index in [-0.39, 0.29) is 11.6 Å². The van der Waals surface area contributed by atoms with E-state index in [0.717, 1.165) is 25.3 Å². The molecule has 3 N–H and O–H groups in total. The number of aromatic amines is 1. The van der Waals surface area contributed by atoms with Crippen molar-refractivity contribution in [3.63, 3.8) is 0 Å². The Hall–Kier alpha value is -0.940. The first kappa shape index (κ1) is 11.2. The Morgan fingerprint density at radius 2 is 2.29 bits per heavy atom. The van der Waals surface area contributed by atoms with Crippen LogP contribution < -0.4 is 5.73 Å². The monoisotopic (exact) mass is 236 g/mol. The van der Waals surface area contributed by atoms with Crippen LogP contribution in [0.2, 0.25) is 0 Å². The van der Waals surface area contributed by atoms with Gasteiger partial charge in [-0.1, -0.05) is 12.8 Å². The van der Waals surface area contributed by atoms with Crippen molar-refractivity contribution >= 4 is 0 Å². The van der Waals surface area contributed by atoms with Crippen LogP contribution in [0.3, 0.4) is 0 Å². The van der Waals surface area contributed by atoms with Gasteiger partial charge in [-0.15, -0.1) is 0 Å². The maximum Gasteiger partial charge on any atom is 0.141 e. The Balaban J connectivity index is 1.71. The van der Waals surface area contributed by atoms with Crippen LogP contribution in [0.1, 0.15) is 50.4 Å². The summed E-state index contributed by atoms with van der Waals surface area (Å²) in [5, 5.41) is 6.77. The second-order valence-corrected chi connectivity index (χ2v) is 5.39. The largest absolute Gasteiger partial charge is 0.375 e. The highest BCUT2D eigenvalue weighted by Crippen LogP contribution is 2.44. The van der Waals surface area contributed by atoms with E-state index in [0.29, 0.717) is 5.92 Å². The maximum atomic E-state index is 6.28. The summed E-state index contributed by atoms with van der Waals surface area (Å²) in [5.74, 6) is 1.28. The van der Waals surface area contributed by atoms with Crippen LogP contribution in [0.15, 0.2) is 6.33 Å². The van der Waals surface area contributed by atoms with Crippen LogP contribution in [0.25, 0.3) is 0 Å². The molecule has 5 heteroatoms. The van der Waals surface area contributed by atoms with Crippen molar-refractivity contribution in [2.24, 2.45) is 11.7 Å². The molecule has 0 amide bonds. The lowest BCUT2D eigenvalue weighted by atomic mass is 9.80. The SMILES string of the molecule is NC(c1ncn[nH]1)C1CCOC2(CCCC2)C1. The van der Waals surface area contributed by atoms with E-state index >= 15 is 0 Å². The fraction of sp³-hybridized carbons (Fsp3) is 0.833. The summed E-state index contributed by atoms with van der Waals surface area (Å²) in [6.45, 7) is 0.840. The fourth-order valence-electron chi connectivity index (χ4n) is 3.34. The molecule has 2 heterocycles. The maximum absolute atomic E-state index is 6.28. The van der Waals surface area contributed by atoms with Crippen LogP contribution >= 0.6 is 0 Å². The molecular formula is C12H20N4O. The zero-order valence-electron chi connectivity index (χ0n) is 10.1. The van der Waals surface area contributed by atoms with E-state index < -0.39 is 0 Å². The second-order valence-electron chi connectivity index (χ2n) is 5.39.